The molecule has 1 aliphatic carbocycles. The van der Waals surface area contributed by atoms with Crippen molar-refractivity contribution in [2.75, 3.05) is 14.2 Å². The molecule has 0 bridgehead atoms. The van der Waals surface area contributed by atoms with Gasteiger partial charge in [0.2, 0.25) is 0 Å². The van der Waals surface area contributed by atoms with Gasteiger partial charge < -0.3 is 9.64 Å². The summed E-state index contributed by atoms with van der Waals surface area (Å²) in [6, 6.07) is 11.3. The number of carbonyl (C=O) groups excluding carboxylic acids is 2. The number of hydrogen-bond donors (Lipinski definition) is 0. The zero-order valence-electron chi connectivity index (χ0n) is 21.5. The lowest BCUT2D eigenvalue weighted by molar-refractivity contribution is 0.0784. The zero-order chi connectivity index (χ0) is 25.3. The van der Waals surface area contributed by atoms with Crippen LogP contribution in [0.15, 0.2) is 42.6 Å². The van der Waals surface area contributed by atoms with Crippen LogP contribution in [-0.4, -0.2) is 45.5 Å². The second kappa shape index (κ2) is 9.64. The maximum absolute atomic E-state index is 13.0. The number of aromatic nitrogens is 3. The summed E-state index contributed by atoms with van der Waals surface area (Å²) in [5, 5.41) is 4.83. The minimum atomic E-state index is -0.128. The predicted octanol–water partition coefficient (Wildman–Crippen LogP) is 4.90. The molecule has 1 aromatic carbocycles. The average Bonchev–Trinajstić information content (AvgIpc) is 3.15. The number of pyridine rings is 1. The number of ketones is 1. The molecule has 7 heteroatoms. The van der Waals surface area contributed by atoms with Gasteiger partial charge in [0.15, 0.2) is 11.6 Å². The number of fused-ring (bicyclic) bond motifs is 1. The maximum Gasteiger partial charge on any atom is 0.255 e. The Bertz CT molecular complexity index is 1220. The topological polar surface area (TPSA) is 77.3 Å². The quantitative estimate of drug-likeness (QED) is 0.487. The minimum absolute atomic E-state index is 0.112. The van der Waals surface area contributed by atoms with Gasteiger partial charge >= 0.3 is 0 Å². The van der Waals surface area contributed by atoms with Crippen molar-refractivity contribution in [1.29, 1.82) is 0 Å². The highest BCUT2D eigenvalue weighted by molar-refractivity contribution is 6.00. The van der Waals surface area contributed by atoms with Crippen molar-refractivity contribution in [3.63, 3.8) is 0 Å². The van der Waals surface area contributed by atoms with Gasteiger partial charge in [0.05, 0.1) is 29.6 Å². The molecule has 4 rings (SSSR count). The van der Waals surface area contributed by atoms with Crippen molar-refractivity contribution in [1.82, 2.24) is 19.7 Å². The van der Waals surface area contributed by atoms with Crippen molar-refractivity contribution >= 4 is 11.7 Å². The smallest absolute Gasteiger partial charge is 0.255 e. The molecule has 0 saturated carbocycles. The van der Waals surface area contributed by atoms with Crippen molar-refractivity contribution in [2.45, 2.75) is 53.5 Å². The molecule has 0 atom stereocenters. The van der Waals surface area contributed by atoms with E-state index in [4.69, 9.17) is 9.84 Å². The lowest BCUT2D eigenvalue weighted by atomic mass is 9.75. The number of benzene rings is 1. The summed E-state index contributed by atoms with van der Waals surface area (Å²) in [5.74, 6) is 1.84. The number of hydrogen-bond acceptors (Lipinski definition) is 5. The van der Waals surface area contributed by atoms with E-state index in [1.54, 1.807) is 36.0 Å². The van der Waals surface area contributed by atoms with Crippen molar-refractivity contribution in [3.05, 3.63) is 70.7 Å². The Morgan fingerprint density at radius 3 is 2.46 bits per heavy atom. The Labute approximate surface area is 207 Å². The molecule has 7 nitrogen and oxygen atoms in total. The van der Waals surface area contributed by atoms with Crippen molar-refractivity contribution in [3.8, 4) is 11.6 Å². The van der Waals surface area contributed by atoms with Crippen LogP contribution in [0.4, 0.5) is 0 Å². The van der Waals surface area contributed by atoms with E-state index < -0.39 is 0 Å². The Balaban J connectivity index is 1.58. The van der Waals surface area contributed by atoms with Gasteiger partial charge in [-0.1, -0.05) is 39.8 Å². The number of nitrogens with zero attached hydrogens (tertiary/aromatic N) is 4. The minimum Gasteiger partial charge on any atom is -0.497 e. The van der Waals surface area contributed by atoms with Gasteiger partial charge in [-0.05, 0) is 54.0 Å². The summed E-state index contributed by atoms with van der Waals surface area (Å²) in [6.45, 7) is 8.96. The molecule has 184 valence electrons. The molecule has 0 unspecified atom stereocenters. The molecular weight excluding hydrogens is 440 g/mol. The van der Waals surface area contributed by atoms with Crippen LogP contribution >= 0.6 is 0 Å². The van der Waals surface area contributed by atoms with Crippen LogP contribution in [0.25, 0.3) is 5.82 Å². The predicted molar refractivity (Wildman–Crippen MR) is 135 cm³/mol. The monoisotopic (exact) mass is 474 g/mol. The van der Waals surface area contributed by atoms with E-state index in [0.717, 1.165) is 41.1 Å². The number of ether oxygens (including phenoxy) is 1. The molecule has 0 N–H and O–H groups in total. The first kappa shape index (κ1) is 24.6. The first-order chi connectivity index (χ1) is 16.6. The summed E-state index contributed by atoms with van der Waals surface area (Å²) >= 11 is 0. The molecule has 0 fully saturated rings. The van der Waals surface area contributed by atoms with Crippen LogP contribution in [0.2, 0.25) is 0 Å². The summed E-state index contributed by atoms with van der Waals surface area (Å²) in [7, 11) is 3.40. The highest BCUT2D eigenvalue weighted by Gasteiger charge is 2.37. The second-order valence-electron chi connectivity index (χ2n) is 10.6. The molecule has 0 saturated heterocycles. The van der Waals surface area contributed by atoms with E-state index in [-0.39, 0.29) is 17.1 Å². The highest BCUT2D eigenvalue weighted by atomic mass is 16.5. The molecule has 0 aliphatic heterocycles. The lowest BCUT2D eigenvalue weighted by Gasteiger charge is -2.29. The molecule has 0 spiro atoms. The Morgan fingerprint density at radius 1 is 1.14 bits per heavy atom. The van der Waals surface area contributed by atoms with Gasteiger partial charge in [0, 0.05) is 26.2 Å². The summed E-state index contributed by atoms with van der Waals surface area (Å²) in [6.07, 6.45) is 3.62. The van der Waals surface area contributed by atoms with Crippen LogP contribution in [0, 0.1) is 11.3 Å². The molecule has 0 radical (unpaired) electrons. The second-order valence-corrected chi connectivity index (χ2v) is 10.6. The highest BCUT2D eigenvalue weighted by Crippen LogP contribution is 2.37. The van der Waals surface area contributed by atoms with E-state index in [1.807, 2.05) is 30.3 Å². The third-order valence-corrected chi connectivity index (χ3v) is 6.36. The largest absolute Gasteiger partial charge is 0.497 e. The molecule has 3 aromatic rings. The Kier molecular flexibility index (Phi) is 6.79. The number of rotatable bonds is 7. The number of amides is 1. The van der Waals surface area contributed by atoms with E-state index in [0.29, 0.717) is 30.3 Å². The molecule has 1 aliphatic rings. The molecule has 1 amide bonds. The van der Waals surface area contributed by atoms with Crippen molar-refractivity contribution < 1.29 is 14.3 Å². The molecule has 2 heterocycles. The fourth-order valence-electron chi connectivity index (χ4n) is 4.68. The third kappa shape index (κ3) is 5.29. The zero-order valence-corrected chi connectivity index (χ0v) is 21.5. The van der Waals surface area contributed by atoms with Crippen LogP contribution in [-0.2, 0) is 19.4 Å². The van der Waals surface area contributed by atoms with Gasteiger partial charge in [-0.2, -0.15) is 5.10 Å². The van der Waals surface area contributed by atoms with Crippen LogP contribution < -0.4 is 4.74 Å². The van der Waals surface area contributed by atoms with Gasteiger partial charge in [-0.3, -0.25) is 9.59 Å². The summed E-state index contributed by atoms with van der Waals surface area (Å²) in [5.41, 5.74) is 3.92. The standard InChI is InChI=1S/C28H34N4O3/c1-18(2)13-22-26-23(14-28(3,4)15-24(26)33)32(30-22)25-12-9-20(16-29-25)27(34)31(5)17-19-7-10-21(35-6)11-8-19/h7-12,16,18H,13-15,17H2,1-6H3. The van der Waals surface area contributed by atoms with Gasteiger partial charge in [0.1, 0.15) is 5.75 Å². The Hall–Kier alpha value is -3.48. The molecular formula is C28H34N4O3. The summed E-state index contributed by atoms with van der Waals surface area (Å²) in [4.78, 5) is 32.3. The lowest BCUT2D eigenvalue weighted by Crippen LogP contribution is -2.28. The number of methoxy groups -OCH3 is 1. The Morgan fingerprint density at radius 2 is 1.86 bits per heavy atom. The van der Waals surface area contributed by atoms with E-state index >= 15 is 0 Å². The van der Waals surface area contributed by atoms with E-state index in [9.17, 15) is 9.59 Å². The molecule has 35 heavy (non-hydrogen) atoms. The van der Waals surface area contributed by atoms with E-state index in [1.165, 1.54) is 0 Å². The normalized spacial score (nSPS) is 14.7. The number of Topliss-reactive ketones (excluding diaryl/α,β-unsaturated/α-hetero) is 1. The fourth-order valence-corrected chi connectivity index (χ4v) is 4.68. The summed E-state index contributed by atoms with van der Waals surface area (Å²) < 4.78 is 7.00. The van der Waals surface area contributed by atoms with Crippen molar-refractivity contribution in [2.24, 2.45) is 11.3 Å². The SMILES string of the molecule is COc1ccc(CN(C)C(=O)c2ccc(-n3nc(CC(C)C)c4c3CC(C)(C)CC4=O)nc2)cc1. The third-order valence-electron chi connectivity index (χ3n) is 6.36. The van der Waals surface area contributed by atoms with Gasteiger partial charge in [-0.25, -0.2) is 9.67 Å². The van der Waals surface area contributed by atoms with Gasteiger partial charge in [-0.15, -0.1) is 0 Å². The van der Waals surface area contributed by atoms with Crippen LogP contribution in [0.5, 0.6) is 5.75 Å². The number of carbonyl (C=O) groups is 2. The fraction of sp³-hybridized carbons (Fsp3) is 0.429. The maximum atomic E-state index is 13.0. The van der Waals surface area contributed by atoms with Crippen LogP contribution in [0.3, 0.4) is 0 Å². The first-order valence-corrected chi connectivity index (χ1v) is 12.1. The first-order valence-electron chi connectivity index (χ1n) is 12.1. The molecule has 2 aromatic heterocycles. The van der Waals surface area contributed by atoms with E-state index in [2.05, 4.69) is 32.7 Å². The average molecular weight is 475 g/mol. The van der Waals surface area contributed by atoms with Gasteiger partial charge in [0.25, 0.3) is 5.91 Å². The van der Waals surface area contributed by atoms with Crippen LogP contribution in [0.1, 0.15) is 71.8 Å².